The second kappa shape index (κ2) is 7.51. The second-order valence-corrected chi connectivity index (χ2v) is 5.56. The largest absolute Gasteiger partial charge is 0.481 e. The van der Waals surface area contributed by atoms with E-state index in [1.807, 2.05) is 24.3 Å². The number of carboxylic acids is 1. The highest BCUT2D eigenvalue weighted by molar-refractivity contribution is 7.22. The van der Waals surface area contributed by atoms with Gasteiger partial charge in [-0.05, 0) is 12.1 Å². The summed E-state index contributed by atoms with van der Waals surface area (Å²) in [4.78, 5) is 37.8. The number of aromatic nitrogens is 1. The highest BCUT2D eigenvalue weighted by Crippen LogP contribution is 2.25. The van der Waals surface area contributed by atoms with Crippen LogP contribution in [0, 0.1) is 0 Å². The van der Waals surface area contributed by atoms with Crippen LogP contribution in [0.5, 0.6) is 0 Å². The number of benzene rings is 1. The van der Waals surface area contributed by atoms with Crippen LogP contribution < -0.4 is 10.6 Å². The topological polar surface area (TPSA) is 108 Å². The summed E-state index contributed by atoms with van der Waals surface area (Å²) in [6, 6.07) is 7.54. The number of carbonyl (C=O) groups is 3. The molecule has 0 aliphatic rings. The highest BCUT2D eigenvalue weighted by atomic mass is 32.1. The lowest BCUT2D eigenvalue weighted by atomic mass is 10.3. The number of hydrogen-bond donors (Lipinski definition) is 3. The van der Waals surface area contributed by atoms with E-state index in [2.05, 4.69) is 15.6 Å². The van der Waals surface area contributed by atoms with Crippen molar-refractivity contribution in [2.75, 3.05) is 11.9 Å². The Morgan fingerprint density at radius 1 is 1.09 bits per heavy atom. The number of carboxylic acid groups (broad SMARTS) is 1. The summed E-state index contributed by atoms with van der Waals surface area (Å²) in [5.74, 6) is -1.62. The molecule has 3 N–H and O–H groups in total. The van der Waals surface area contributed by atoms with Gasteiger partial charge in [0.2, 0.25) is 11.8 Å². The van der Waals surface area contributed by atoms with Crippen LogP contribution >= 0.6 is 11.3 Å². The Bertz CT molecular complexity index is 665. The quantitative estimate of drug-likeness (QED) is 0.718. The number of nitrogens with zero attached hydrogens (tertiary/aromatic N) is 1. The van der Waals surface area contributed by atoms with Crippen molar-refractivity contribution in [3.63, 3.8) is 0 Å². The highest BCUT2D eigenvalue weighted by Gasteiger charge is 2.10. The van der Waals surface area contributed by atoms with E-state index in [0.717, 1.165) is 10.2 Å². The Morgan fingerprint density at radius 2 is 1.82 bits per heavy atom. The van der Waals surface area contributed by atoms with E-state index in [4.69, 9.17) is 5.11 Å². The molecule has 0 saturated carbocycles. The van der Waals surface area contributed by atoms with Gasteiger partial charge in [-0.1, -0.05) is 23.5 Å². The summed E-state index contributed by atoms with van der Waals surface area (Å²) >= 11 is 1.37. The molecule has 1 aromatic carbocycles. The SMILES string of the molecule is O=C(O)CCNC(=O)CCC(=O)Nc1nc2ccccc2s1. The summed E-state index contributed by atoms with van der Waals surface area (Å²) in [6.07, 6.45) is -0.102. The molecule has 0 bridgehead atoms. The Hall–Kier alpha value is -2.48. The number of nitrogens with one attached hydrogen (secondary N) is 2. The van der Waals surface area contributed by atoms with Crippen LogP contribution in [0.15, 0.2) is 24.3 Å². The predicted molar refractivity (Wildman–Crippen MR) is 82.7 cm³/mol. The summed E-state index contributed by atoms with van der Waals surface area (Å²) in [6.45, 7) is 0.0632. The van der Waals surface area contributed by atoms with E-state index < -0.39 is 5.97 Å². The molecule has 0 radical (unpaired) electrons. The summed E-state index contributed by atoms with van der Waals surface area (Å²) in [7, 11) is 0. The molecule has 0 aliphatic heterocycles. The van der Waals surface area contributed by atoms with Crippen LogP contribution in [0.25, 0.3) is 10.2 Å². The first-order valence-electron chi connectivity index (χ1n) is 6.68. The predicted octanol–water partition coefficient (Wildman–Crippen LogP) is 1.61. The van der Waals surface area contributed by atoms with Crippen LogP contribution in [0.4, 0.5) is 5.13 Å². The van der Waals surface area contributed by atoms with Crippen LogP contribution in [-0.2, 0) is 14.4 Å². The lowest BCUT2D eigenvalue weighted by Gasteiger charge is -2.03. The van der Waals surface area contributed by atoms with Crippen LogP contribution in [-0.4, -0.2) is 34.4 Å². The van der Waals surface area contributed by atoms with E-state index in [1.165, 1.54) is 11.3 Å². The fraction of sp³-hybridized carbons (Fsp3) is 0.286. The Kier molecular flexibility index (Phi) is 5.42. The maximum absolute atomic E-state index is 11.8. The number of carbonyl (C=O) groups excluding carboxylic acids is 2. The molecule has 8 heteroatoms. The smallest absolute Gasteiger partial charge is 0.305 e. The normalized spacial score (nSPS) is 10.4. The number of hydrogen-bond acceptors (Lipinski definition) is 5. The number of amides is 2. The van der Waals surface area contributed by atoms with Gasteiger partial charge in [0.15, 0.2) is 5.13 Å². The molecule has 116 valence electrons. The van der Waals surface area contributed by atoms with Crippen molar-refractivity contribution in [2.24, 2.45) is 0 Å². The average Bonchev–Trinajstić information content (AvgIpc) is 2.86. The van der Waals surface area contributed by atoms with Gasteiger partial charge >= 0.3 is 5.97 Å². The maximum atomic E-state index is 11.8. The second-order valence-electron chi connectivity index (χ2n) is 4.53. The fourth-order valence-corrected chi connectivity index (χ4v) is 2.61. The molecule has 0 atom stereocenters. The van der Waals surface area contributed by atoms with E-state index in [-0.39, 0.29) is 37.6 Å². The molecular weight excluding hydrogens is 306 g/mol. The van der Waals surface area contributed by atoms with Crippen molar-refractivity contribution in [3.05, 3.63) is 24.3 Å². The number of fused-ring (bicyclic) bond motifs is 1. The van der Waals surface area contributed by atoms with Crippen LogP contribution in [0.2, 0.25) is 0 Å². The van der Waals surface area contributed by atoms with E-state index in [9.17, 15) is 14.4 Å². The van der Waals surface area contributed by atoms with Gasteiger partial charge in [0.05, 0.1) is 16.6 Å². The third-order valence-corrected chi connectivity index (χ3v) is 3.73. The number of anilines is 1. The van der Waals surface area contributed by atoms with Gasteiger partial charge in [-0.25, -0.2) is 4.98 Å². The summed E-state index contributed by atoms with van der Waals surface area (Å²) < 4.78 is 0.976. The van der Waals surface area contributed by atoms with Crippen molar-refractivity contribution in [3.8, 4) is 0 Å². The minimum absolute atomic E-state index is 0.0103. The lowest BCUT2D eigenvalue weighted by molar-refractivity contribution is -0.137. The van der Waals surface area contributed by atoms with Gasteiger partial charge in [-0.15, -0.1) is 0 Å². The molecule has 1 heterocycles. The average molecular weight is 321 g/mol. The zero-order valence-electron chi connectivity index (χ0n) is 11.7. The fourth-order valence-electron chi connectivity index (χ4n) is 1.73. The first-order chi connectivity index (χ1) is 10.5. The van der Waals surface area contributed by atoms with Crippen LogP contribution in [0.3, 0.4) is 0 Å². The summed E-state index contributed by atoms with van der Waals surface area (Å²) in [5, 5.41) is 14.0. The number of thiazole rings is 1. The van der Waals surface area contributed by atoms with Gasteiger partial charge in [0.1, 0.15) is 0 Å². The van der Waals surface area contributed by atoms with Crippen molar-refractivity contribution >= 4 is 44.5 Å². The molecule has 0 unspecified atom stereocenters. The standard InChI is InChI=1S/C14H15N3O4S/c18-11(15-8-7-13(20)21)5-6-12(19)17-14-16-9-3-1-2-4-10(9)22-14/h1-4H,5-8H2,(H,15,18)(H,20,21)(H,16,17,19). The Morgan fingerprint density at radius 3 is 2.55 bits per heavy atom. The molecular formula is C14H15N3O4S. The van der Waals surface area contributed by atoms with Crippen molar-refractivity contribution in [1.29, 1.82) is 0 Å². The number of aliphatic carboxylic acids is 1. The van der Waals surface area contributed by atoms with Gasteiger partial charge < -0.3 is 15.7 Å². The zero-order valence-corrected chi connectivity index (χ0v) is 12.5. The molecule has 0 saturated heterocycles. The molecule has 0 aliphatic carbocycles. The molecule has 2 rings (SSSR count). The van der Waals surface area contributed by atoms with E-state index in [1.54, 1.807) is 0 Å². The molecule has 1 aromatic heterocycles. The molecule has 0 spiro atoms. The third kappa shape index (κ3) is 4.81. The first-order valence-corrected chi connectivity index (χ1v) is 7.50. The third-order valence-electron chi connectivity index (χ3n) is 2.78. The minimum Gasteiger partial charge on any atom is -0.481 e. The molecule has 0 fully saturated rings. The van der Waals surface area contributed by atoms with Gasteiger partial charge in [-0.2, -0.15) is 0 Å². The molecule has 22 heavy (non-hydrogen) atoms. The van der Waals surface area contributed by atoms with Gasteiger partial charge in [-0.3, -0.25) is 14.4 Å². The monoisotopic (exact) mass is 321 g/mol. The van der Waals surface area contributed by atoms with E-state index in [0.29, 0.717) is 5.13 Å². The molecule has 2 aromatic rings. The van der Waals surface area contributed by atoms with Crippen molar-refractivity contribution in [1.82, 2.24) is 10.3 Å². The zero-order chi connectivity index (χ0) is 15.9. The minimum atomic E-state index is -0.978. The first kappa shape index (κ1) is 15.9. The maximum Gasteiger partial charge on any atom is 0.305 e. The van der Waals surface area contributed by atoms with Crippen LogP contribution in [0.1, 0.15) is 19.3 Å². The van der Waals surface area contributed by atoms with Gasteiger partial charge in [0, 0.05) is 19.4 Å². The van der Waals surface area contributed by atoms with E-state index >= 15 is 0 Å². The Labute approximate surface area is 130 Å². The lowest BCUT2D eigenvalue weighted by Crippen LogP contribution is -2.27. The van der Waals surface area contributed by atoms with Gasteiger partial charge in [0.25, 0.3) is 0 Å². The Balaban J connectivity index is 1.75. The number of rotatable bonds is 7. The summed E-state index contributed by atoms with van der Waals surface area (Å²) in [5.41, 5.74) is 0.814. The van der Waals surface area contributed by atoms with Crippen molar-refractivity contribution in [2.45, 2.75) is 19.3 Å². The van der Waals surface area contributed by atoms with Crippen molar-refractivity contribution < 1.29 is 19.5 Å². The number of para-hydroxylation sites is 1. The molecule has 2 amide bonds. The molecule has 7 nitrogen and oxygen atoms in total.